The number of hydrogen-bond donors (Lipinski definition) is 1. The average molecular weight is 393 g/mol. The average Bonchev–Trinajstić information content (AvgIpc) is 3.06. The Hall–Kier alpha value is -3.48. The number of para-hydroxylation sites is 1. The molecule has 1 amide bonds. The van der Waals surface area contributed by atoms with Crippen molar-refractivity contribution in [2.75, 3.05) is 19.5 Å². The summed E-state index contributed by atoms with van der Waals surface area (Å²) in [6.07, 6.45) is -0.303. The van der Waals surface area contributed by atoms with Gasteiger partial charge in [0.05, 0.1) is 23.9 Å². The number of rotatable bonds is 5. The molecule has 7 nitrogen and oxygen atoms in total. The zero-order valence-electron chi connectivity index (χ0n) is 16.9. The number of ether oxygens (including phenoxy) is 2. The van der Waals surface area contributed by atoms with Gasteiger partial charge in [0, 0.05) is 12.7 Å². The number of aryl methyl sites for hydroxylation is 2. The van der Waals surface area contributed by atoms with Crippen LogP contribution in [0, 0.1) is 13.8 Å². The smallest absolute Gasteiger partial charge is 0.257 e. The maximum Gasteiger partial charge on any atom is 0.257 e. The monoisotopic (exact) mass is 393 g/mol. The molecule has 1 N–H and O–H groups in total. The summed E-state index contributed by atoms with van der Waals surface area (Å²) in [4.78, 5) is 14.4. The van der Waals surface area contributed by atoms with Crippen LogP contribution in [0.25, 0.3) is 0 Å². The highest BCUT2D eigenvalue weighted by atomic mass is 16.5. The number of nitrogens with one attached hydrogen (secondary N) is 1. The van der Waals surface area contributed by atoms with Gasteiger partial charge in [-0.15, -0.1) is 0 Å². The summed E-state index contributed by atoms with van der Waals surface area (Å²) in [6.45, 7) is 4.08. The third-order valence-electron chi connectivity index (χ3n) is 5.21. The fourth-order valence-corrected chi connectivity index (χ4v) is 3.49. The molecule has 1 atom stereocenters. The molecule has 7 heteroatoms. The maximum absolute atomic E-state index is 12.7. The van der Waals surface area contributed by atoms with Crippen molar-refractivity contribution >= 4 is 11.6 Å². The summed E-state index contributed by atoms with van der Waals surface area (Å²) in [7, 11) is 3.38. The van der Waals surface area contributed by atoms with Gasteiger partial charge in [0.2, 0.25) is 0 Å². The number of benzene rings is 2. The minimum absolute atomic E-state index is 0.0259. The highest BCUT2D eigenvalue weighted by Crippen LogP contribution is 2.36. The number of amides is 1. The van der Waals surface area contributed by atoms with Crippen LogP contribution in [0.2, 0.25) is 0 Å². The second kappa shape index (κ2) is 7.50. The highest BCUT2D eigenvalue weighted by molar-refractivity contribution is 6.01. The van der Waals surface area contributed by atoms with Crippen LogP contribution in [0.15, 0.2) is 47.0 Å². The second-order valence-electron chi connectivity index (χ2n) is 7.01. The fraction of sp³-hybridized carbons (Fsp3) is 0.273. The molecule has 150 valence electrons. The Morgan fingerprint density at radius 2 is 1.97 bits per heavy atom. The van der Waals surface area contributed by atoms with E-state index in [0.29, 0.717) is 23.7 Å². The van der Waals surface area contributed by atoms with Crippen molar-refractivity contribution in [3.8, 4) is 11.5 Å². The van der Waals surface area contributed by atoms with Crippen molar-refractivity contribution in [1.82, 2.24) is 10.1 Å². The zero-order chi connectivity index (χ0) is 20.5. The number of nitrogens with zero attached hydrogens (tertiary/aromatic N) is 2. The number of fused-ring (bicyclic) bond motifs is 1. The molecule has 3 aromatic rings. The van der Waals surface area contributed by atoms with Crippen LogP contribution in [-0.4, -0.2) is 30.1 Å². The van der Waals surface area contributed by atoms with Crippen molar-refractivity contribution in [2.24, 2.45) is 0 Å². The largest absolute Gasteiger partial charge is 0.493 e. The number of carbonyl (C=O) groups is 1. The third-order valence-corrected chi connectivity index (χ3v) is 5.21. The van der Waals surface area contributed by atoms with E-state index >= 15 is 0 Å². The molecule has 0 saturated carbocycles. The highest BCUT2D eigenvalue weighted by Gasteiger charge is 2.30. The Morgan fingerprint density at radius 1 is 1.17 bits per heavy atom. The molecule has 0 aliphatic carbocycles. The van der Waals surface area contributed by atoms with Gasteiger partial charge in [0.15, 0.2) is 11.5 Å². The maximum atomic E-state index is 12.7. The molecule has 29 heavy (non-hydrogen) atoms. The van der Waals surface area contributed by atoms with Crippen LogP contribution in [0.3, 0.4) is 0 Å². The van der Waals surface area contributed by atoms with E-state index in [9.17, 15) is 4.79 Å². The van der Waals surface area contributed by atoms with E-state index in [1.807, 2.05) is 56.3 Å². The van der Waals surface area contributed by atoms with Gasteiger partial charge in [-0.1, -0.05) is 23.4 Å². The van der Waals surface area contributed by atoms with Crippen molar-refractivity contribution in [1.29, 1.82) is 0 Å². The predicted octanol–water partition coefficient (Wildman–Crippen LogP) is 4.08. The van der Waals surface area contributed by atoms with Crippen molar-refractivity contribution in [3.05, 3.63) is 70.6 Å². The Balaban J connectivity index is 1.59. The number of aromatic nitrogens is 1. The SMILES string of the molecule is COc1cc([C@H]2Nc3ccccc3C(=O)N2C)ccc1OCc1c(C)noc1C. The summed E-state index contributed by atoms with van der Waals surface area (Å²) in [5, 5.41) is 7.37. The summed E-state index contributed by atoms with van der Waals surface area (Å²) >= 11 is 0. The first-order chi connectivity index (χ1) is 14.0. The van der Waals surface area contributed by atoms with Crippen LogP contribution >= 0.6 is 0 Å². The molecular formula is C22H23N3O4. The Kier molecular flexibility index (Phi) is 4.88. The molecule has 0 radical (unpaired) electrons. The molecule has 0 unspecified atom stereocenters. The first-order valence-electron chi connectivity index (χ1n) is 9.34. The van der Waals surface area contributed by atoms with Gasteiger partial charge >= 0.3 is 0 Å². The van der Waals surface area contributed by atoms with E-state index in [0.717, 1.165) is 28.3 Å². The van der Waals surface area contributed by atoms with Crippen LogP contribution in [-0.2, 0) is 6.61 Å². The summed E-state index contributed by atoms with van der Waals surface area (Å²) in [6, 6.07) is 13.2. The lowest BCUT2D eigenvalue weighted by atomic mass is 10.0. The van der Waals surface area contributed by atoms with Gasteiger partial charge in [-0.3, -0.25) is 4.79 Å². The molecule has 4 rings (SSSR count). The Bertz CT molecular complexity index is 1040. The summed E-state index contributed by atoms with van der Waals surface area (Å²) in [5.74, 6) is 1.92. The third kappa shape index (κ3) is 3.40. The van der Waals surface area contributed by atoms with Gasteiger partial charge < -0.3 is 24.2 Å². The van der Waals surface area contributed by atoms with Crippen molar-refractivity contribution in [2.45, 2.75) is 26.6 Å². The number of methoxy groups -OCH3 is 1. The van der Waals surface area contributed by atoms with Gasteiger partial charge in [0.25, 0.3) is 5.91 Å². The molecule has 1 aliphatic heterocycles. The molecule has 0 saturated heterocycles. The van der Waals surface area contributed by atoms with Crippen LogP contribution in [0.4, 0.5) is 5.69 Å². The topological polar surface area (TPSA) is 76.8 Å². The van der Waals surface area contributed by atoms with Crippen LogP contribution in [0.5, 0.6) is 11.5 Å². The first kappa shape index (κ1) is 18.9. The minimum Gasteiger partial charge on any atom is -0.493 e. The van der Waals surface area contributed by atoms with E-state index in [4.69, 9.17) is 14.0 Å². The van der Waals surface area contributed by atoms with Gasteiger partial charge in [-0.2, -0.15) is 0 Å². The molecule has 1 aromatic heterocycles. The summed E-state index contributed by atoms with van der Waals surface area (Å²) < 4.78 is 16.7. The lowest BCUT2D eigenvalue weighted by Gasteiger charge is -2.35. The van der Waals surface area contributed by atoms with Crippen LogP contribution < -0.4 is 14.8 Å². The lowest BCUT2D eigenvalue weighted by Crippen LogP contribution is -2.40. The Morgan fingerprint density at radius 3 is 2.69 bits per heavy atom. The van der Waals surface area contributed by atoms with E-state index in [2.05, 4.69) is 10.5 Å². The Labute approximate surface area is 169 Å². The number of carbonyl (C=O) groups excluding carboxylic acids is 1. The quantitative estimate of drug-likeness (QED) is 0.704. The normalized spacial score (nSPS) is 15.7. The summed E-state index contributed by atoms with van der Waals surface area (Å²) in [5.41, 5.74) is 4.11. The second-order valence-corrected chi connectivity index (χ2v) is 7.01. The lowest BCUT2D eigenvalue weighted by molar-refractivity contribution is 0.0735. The standard InChI is InChI=1S/C22H23N3O4/c1-13-17(14(2)29-24-13)12-28-19-10-9-15(11-20(19)27-4)21-23-18-8-6-5-7-16(18)22(26)25(21)3/h5-11,21,23H,12H2,1-4H3/t21-/m0/s1. The number of hydrogen-bond acceptors (Lipinski definition) is 6. The first-order valence-corrected chi connectivity index (χ1v) is 9.34. The molecule has 2 aromatic carbocycles. The predicted molar refractivity (Wildman–Crippen MR) is 108 cm³/mol. The fourth-order valence-electron chi connectivity index (χ4n) is 3.49. The zero-order valence-corrected chi connectivity index (χ0v) is 16.9. The number of anilines is 1. The van der Waals surface area contributed by atoms with Gasteiger partial charge in [-0.25, -0.2) is 0 Å². The van der Waals surface area contributed by atoms with Crippen LogP contribution in [0.1, 0.15) is 39.1 Å². The molecule has 2 heterocycles. The molecule has 1 aliphatic rings. The molecule has 0 bridgehead atoms. The van der Waals surface area contributed by atoms with Gasteiger partial charge in [-0.05, 0) is 43.7 Å². The van der Waals surface area contributed by atoms with Crippen molar-refractivity contribution in [3.63, 3.8) is 0 Å². The van der Waals surface area contributed by atoms with E-state index < -0.39 is 0 Å². The van der Waals surface area contributed by atoms with E-state index in [1.165, 1.54) is 0 Å². The molecule has 0 fully saturated rings. The van der Waals surface area contributed by atoms with E-state index in [1.54, 1.807) is 19.1 Å². The van der Waals surface area contributed by atoms with Gasteiger partial charge in [0.1, 0.15) is 18.5 Å². The van der Waals surface area contributed by atoms with Crippen molar-refractivity contribution < 1.29 is 18.8 Å². The molecule has 0 spiro atoms. The van der Waals surface area contributed by atoms with E-state index in [-0.39, 0.29) is 12.1 Å². The molecular weight excluding hydrogens is 370 g/mol. The minimum atomic E-state index is -0.303.